The lowest BCUT2D eigenvalue weighted by atomic mass is 9.96. The number of halogens is 3. The Hall–Kier alpha value is -1.03. The van der Waals surface area contributed by atoms with Crippen molar-refractivity contribution in [2.24, 2.45) is 0 Å². The molecule has 0 amide bonds. The van der Waals surface area contributed by atoms with Crippen molar-refractivity contribution in [3.8, 4) is 0 Å². The molecule has 0 aliphatic rings. The Bertz CT molecular complexity index is 427. The molecular formula is C17H26F3N. The van der Waals surface area contributed by atoms with Gasteiger partial charge in [-0.25, -0.2) is 0 Å². The second kappa shape index (κ2) is 8.42. The number of benzene rings is 1. The SMILES string of the molecule is CCCNC(CCCC(F)(F)F)Cc1cc(C)ccc1C. The van der Waals surface area contributed by atoms with Crippen molar-refractivity contribution in [3.63, 3.8) is 0 Å². The predicted molar refractivity (Wildman–Crippen MR) is 81.6 cm³/mol. The third-order valence-corrected chi connectivity index (χ3v) is 3.67. The van der Waals surface area contributed by atoms with Crippen LogP contribution in [-0.2, 0) is 6.42 Å². The summed E-state index contributed by atoms with van der Waals surface area (Å²) in [6, 6.07) is 6.40. The van der Waals surface area contributed by atoms with E-state index in [1.54, 1.807) is 0 Å². The van der Waals surface area contributed by atoms with Crippen LogP contribution < -0.4 is 5.32 Å². The maximum absolute atomic E-state index is 12.3. The molecule has 1 nitrogen and oxygen atoms in total. The van der Waals surface area contributed by atoms with Crippen molar-refractivity contribution in [3.05, 3.63) is 34.9 Å². The molecule has 1 N–H and O–H groups in total. The fourth-order valence-corrected chi connectivity index (χ4v) is 2.46. The van der Waals surface area contributed by atoms with Crippen LogP contribution in [0, 0.1) is 13.8 Å². The summed E-state index contributed by atoms with van der Waals surface area (Å²) in [5.74, 6) is 0. The number of nitrogens with one attached hydrogen (secondary N) is 1. The summed E-state index contributed by atoms with van der Waals surface area (Å²) in [6.07, 6.45) is -2.20. The van der Waals surface area contributed by atoms with Crippen LogP contribution >= 0.6 is 0 Å². The first kappa shape index (κ1) is 18.0. The first-order valence-electron chi connectivity index (χ1n) is 7.68. The molecule has 1 aromatic rings. The minimum atomic E-state index is -4.05. The van der Waals surface area contributed by atoms with Crippen molar-refractivity contribution < 1.29 is 13.2 Å². The summed E-state index contributed by atoms with van der Waals surface area (Å²) in [5.41, 5.74) is 3.63. The average molecular weight is 301 g/mol. The number of rotatable bonds is 8. The molecule has 0 bridgehead atoms. The number of hydrogen-bond donors (Lipinski definition) is 1. The quantitative estimate of drug-likeness (QED) is 0.716. The molecule has 0 aliphatic heterocycles. The smallest absolute Gasteiger partial charge is 0.314 e. The van der Waals surface area contributed by atoms with E-state index < -0.39 is 12.6 Å². The largest absolute Gasteiger partial charge is 0.389 e. The van der Waals surface area contributed by atoms with Gasteiger partial charge in [0.05, 0.1) is 0 Å². The fourth-order valence-electron chi connectivity index (χ4n) is 2.46. The normalized spacial score (nSPS) is 13.4. The first-order chi connectivity index (χ1) is 9.81. The minimum Gasteiger partial charge on any atom is -0.314 e. The average Bonchev–Trinajstić information content (AvgIpc) is 2.38. The lowest BCUT2D eigenvalue weighted by Gasteiger charge is -2.20. The lowest BCUT2D eigenvalue weighted by Crippen LogP contribution is -2.32. The molecule has 21 heavy (non-hydrogen) atoms. The molecule has 4 heteroatoms. The Morgan fingerprint density at radius 2 is 1.90 bits per heavy atom. The molecule has 0 aliphatic carbocycles. The molecular weight excluding hydrogens is 275 g/mol. The summed E-state index contributed by atoms with van der Waals surface area (Å²) in [6.45, 7) is 7.02. The van der Waals surface area contributed by atoms with Gasteiger partial charge in [0, 0.05) is 12.5 Å². The van der Waals surface area contributed by atoms with E-state index >= 15 is 0 Å². The molecule has 1 atom stereocenters. The van der Waals surface area contributed by atoms with E-state index in [-0.39, 0.29) is 12.5 Å². The second-order valence-corrected chi connectivity index (χ2v) is 5.79. The van der Waals surface area contributed by atoms with Crippen molar-refractivity contribution >= 4 is 0 Å². The van der Waals surface area contributed by atoms with Gasteiger partial charge >= 0.3 is 6.18 Å². The van der Waals surface area contributed by atoms with E-state index in [0.717, 1.165) is 19.4 Å². The van der Waals surface area contributed by atoms with Crippen LogP contribution in [0.15, 0.2) is 18.2 Å². The summed E-state index contributed by atoms with van der Waals surface area (Å²) in [4.78, 5) is 0. The van der Waals surface area contributed by atoms with Crippen molar-refractivity contribution in [1.29, 1.82) is 0 Å². The van der Waals surface area contributed by atoms with Crippen LogP contribution in [0.25, 0.3) is 0 Å². The monoisotopic (exact) mass is 301 g/mol. The van der Waals surface area contributed by atoms with Gasteiger partial charge in [-0.2, -0.15) is 13.2 Å². The van der Waals surface area contributed by atoms with Gasteiger partial charge < -0.3 is 5.32 Å². The summed E-state index contributed by atoms with van der Waals surface area (Å²) in [7, 11) is 0. The zero-order valence-corrected chi connectivity index (χ0v) is 13.2. The van der Waals surface area contributed by atoms with E-state index in [1.165, 1.54) is 16.7 Å². The molecule has 0 heterocycles. The molecule has 1 aromatic carbocycles. The van der Waals surface area contributed by atoms with Gasteiger partial charge in [-0.05, 0) is 57.2 Å². The van der Waals surface area contributed by atoms with Crippen LogP contribution in [0.3, 0.4) is 0 Å². The minimum absolute atomic E-state index is 0.118. The van der Waals surface area contributed by atoms with E-state index in [2.05, 4.69) is 37.4 Å². The Morgan fingerprint density at radius 3 is 2.52 bits per heavy atom. The van der Waals surface area contributed by atoms with E-state index in [4.69, 9.17) is 0 Å². The van der Waals surface area contributed by atoms with E-state index in [0.29, 0.717) is 6.42 Å². The maximum Gasteiger partial charge on any atom is 0.389 e. The molecule has 0 fully saturated rings. The highest BCUT2D eigenvalue weighted by Crippen LogP contribution is 2.23. The Labute approximate surface area is 125 Å². The third-order valence-electron chi connectivity index (χ3n) is 3.67. The number of alkyl halides is 3. The first-order valence-corrected chi connectivity index (χ1v) is 7.68. The van der Waals surface area contributed by atoms with Gasteiger partial charge in [0.1, 0.15) is 0 Å². The van der Waals surface area contributed by atoms with Crippen LogP contribution in [-0.4, -0.2) is 18.8 Å². The second-order valence-electron chi connectivity index (χ2n) is 5.79. The number of hydrogen-bond acceptors (Lipinski definition) is 1. The molecule has 0 saturated heterocycles. The Balaban J connectivity index is 2.62. The van der Waals surface area contributed by atoms with Crippen molar-refractivity contribution in [2.45, 2.75) is 65.1 Å². The van der Waals surface area contributed by atoms with Crippen LogP contribution in [0.5, 0.6) is 0 Å². The summed E-state index contributed by atoms with van der Waals surface area (Å²) in [5, 5.41) is 3.38. The molecule has 120 valence electrons. The van der Waals surface area contributed by atoms with Gasteiger partial charge in [0.2, 0.25) is 0 Å². The van der Waals surface area contributed by atoms with Gasteiger partial charge in [-0.1, -0.05) is 30.7 Å². The number of aryl methyl sites for hydroxylation is 2. The zero-order chi connectivity index (χ0) is 15.9. The van der Waals surface area contributed by atoms with E-state index in [1.807, 2.05) is 6.92 Å². The predicted octanol–water partition coefficient (Wildman–Crippen LogP) is 4.95. The van der Waals surface area contributed by atoms with E-state index in [9.17, 15) is 13.2 Å². The topological polar surface area (TPSA) is 12.0 Å². The lowest BCUT2D eigenvalue weighted by molar-refractivity contribution is -0.135. The van der Waals surface area contributed by atoms with Gasteiger partial charge in [0.25, 0.3) is 0 Å². The molecule has 0 aromatic heterocycles. The highest BCUT2D eigenvalue weighted by molar-refractivity contribution is 5.31. The van der Waals surface area contributed by atoms with Crippen LogP contribution in [0.2, 0.25) is 0 Å². The fraction of sp³-hybridized carbons (Fsp3) is 0.647. The highest BCUT2D eigenvalue weighted by atomic mass is 19.4. The molecule has 0 radical (unpaired) electrons. The van der Waals surface area contributed by atoms with Gasteiger partial charge in [-0.15, -0.1) is 0 Å². The molecule has 0 spiro atoms. The molecule has 0 saturated carbocycles. The third kappa shape index (κ3) is 7.51. The molecule has 1 rings (SSSR count). The highest BCUT2D eigenvalue weighted by Gasteiger charge is 2.26. The Morgan fingerprint density at radius 1 is 1.19 bits per heavy atom. The summed E-state index contributed by atoms with van der Waals surface area (Å²) >= 11 is 0. The summed E-state index contributed by atoms with van der Waals surface area (Å²) < 4.78 is 36.8. The van der Waals surface area contributed by atoms with Crippen LogP contribution in [0.4, 0.5) is 13.2 Å². The maximum atomic E-state index is 12.3. The van der Waals surface area contributed by atoms with Gasteiger partial charge in [0.15, 0.2) is 0 Å². The van der Waals surface area contributed by atoms with Crippen LogP contribution in [0.1, 0.15) is 49.3 Å². The Kier molecular flexibility index (Phi) is 7.23. The molecule has 1 unspecified atom stereocenters. The van der Waals surface area contributed by atoms with Crippen molar-refractivity contribution in [1.82, 2.24) is 5.32 Å². The zero-order valence-electron chi connectivity index (χ0n) is 13.2. The van der Waals surface area contributed by atoms with Crippen molar-refractivity contribution in [2.75, 3.05) is 6.54 Å². The standard InChI is InChI=1S/C17H26F3N/c1-4-10-21-16(6-5-9-17(18,19)20)12-15-11-13(2)7-8-14(15)3/h7-8,11,16,21H,4-6,9-10,12H2,1-3H3. The van der Waals surface area contributed by atoms with Gasteiger partial charge in [-0.3, -0.25) is 0 Å².